The summed E-state index contributed by atoms with van der Waals surface area (Å²) in [6, 6.07) is 11.4. The molecule has 126 valence electrons. The van der Waals surface area contributed by atoms with E-state index in [4.69, 9.17) is 0 Å². The van der Waals surface area contributed by atoms with Gasteiger partial charge in [-0.25, -0.2) is 8.78 Å². The first-order valence-electron chi connectivity index (χ1n) is 8.03. The summed E-state index contributed by atoms with van der Waals surface area (Å²) in [4.78, 5) is 12.5. The third kappa shape index (κ3) is 3.15. The molecule has 6 heteroatoms. The highest BCUT2D eigenvalue weighted by molar-refractivity contribution is 6.06. The van der Waals surface area contributed by atoms with Gasteiger partial charge in [-0.2, -0.15) is 5.10 Å². The van der Waals surface area contributed by atoms with E-state index in [2.05, 4.69) is 15.5 Å². The number of aromatic amines is 1. The van der Waals surface area contributed by atoms with Crippen LogP contribution in [0.15, 0.2) is 48.5 Å². The van der Waals surface area contributed by atoms with Gasteiger partial charge < -0.3 is 5.32 Å². The summed E-state index contributed by atoms with van der Waals surface area (Å²) in [6.07, 6.45) is 2.04. The number of halogens is 2. The average Bonchev–Trinajstić information content (AvgIpc) is 3.37. The molecule has 1 saturated carbocycles. The Labute approximate surface area is 142 Å². The summed E-state index contributed by atoms with van der Waals surface area (Å²) in [5.74, 6) is -0.899. The normalized spacial score (nSPS) is 13.7. The minimum Gasteiger partial charge on any atom is -0.319 e. The van der Waals surface area contributed by atoms with Crippen molar-refractivity contribution >= 4 is 11.6 Å². The van der Waals surface area contributed by atoms with Crippen LogP contribution in [0.25, 0.3) is 11.3 Å². The number of nitrogens with one attached hydrogen (secondary N) is 2. The Morgan fingerprint density at radius 2 is 1.84 bits per heavy atom. The van der Waals surface area contributed by atoms with Crippen molar-refractivity contribution in [2.45, 2.75) is 18.8 Å². The minimum absolute atomic E-state index is 0.230. The Morgan fingerprint density at radius 3 is 2.52 bits per heavy atom. The lowest BCUT2D eigenvalue weighted by molar-refractivity contribution is 0.102. The van der Waals surface area contributed by atoms with E-state index in [9.17, 15) is 13.6 Å². The highest BCUT2D eigenvalue weighted by Crippen LogP contribution is 2.45. The molecular weight excluding hydrogens is 324 g/mol. The van der Waals surface area contributed by atoms with Crippen molar-refractivity contribution in [1.29, 1.82) is 0 Å². The van der Waals surface area contributed by atoms with Crippen LogP contribution < -0.4 is 5.32 Å². The van der Waals surface area contributed by atoms with Gasteiger partial charge in [0.1, 0.15) is 17.3 Å². The monoisotopic (exact) mass is 339 g/mol. The molecule has 1 aliphatic carbocycles. The first kappa shape index (κ1) is 15.5. The van der Waals surface area contributed by atoms with E-state index in [0.717, 1.165) is 18.5 Å². The lowest BCUT2D eigenvalue weighted by atomic mass is 10.1. The van der Waals surface area contributed by atoms with E-state index in [1.165, 1.54) is 30.3 Å². The fourth-order valence-corrected chi connectivity index (χ4v) is 2.78. The predicted molar refractivity (Wildman–Crippen MR) is 90.3 cm³/mol. The number of rotatable bonds is 4. The summed E-state index contributed by atoms with van der Waals surface area (Å²) >= 11 is 0. The number of hydrogen-bond acceptors (Lipinski definition) is 2. The molecule has 4 rings (SSSR count). The Hall–Kier alpha value is -3.02. The number of H-pyrrole nitrogens is 1. The zero-order valence-corrected chi connectivity index (χ0v) is 13.2. The van der Waals surface area contributed by atoms with Gasteiger partial charge >= 0.3 is 0 Å². The molecule has 1 aromatic heterocycles. The molecule has 0 unspecified atom stereocenters. The van der Waals surface area contributed by atoms with Crippen LogP contribution in [-0.4, -0.2) is 16.1 Å². The third-order valence-corrected chi connectivity index (χ3v) is 4.22. The largest absolute Gasteiger partial charge is 0.319 e. The maximum Gasteiger partial charge on any atom is 0.255 e. The summed E-state index contributed by atoms with van der Waals surface area (Å²) in [5.41, 5.74) is 2.89. The number of benzene rings is 2. The van der Waals surface area contributed by atoms with Crippen molar-refractivity contribution in [2.75, 3.05) is 5.32 Å². The van der Waals surface area contributed by atoms with Gasteiger partial charge in [0.2, 0.25) is 0 Å². The Balaban J connectivity index is 1.71. The van der Waals surface area contributed by atoms with Crippen LogP contribution in [0.1, 0.15) is 34.8 Å². The van der Waals surface area contributed by atoms with E-state index < -0.39 is 11.7 Å². The van der Waals surface area contributed by atoms with Crippen molar-refractivity contribution in [2.24, 2.45) is 0 Å². The molecule has 0 radical (unpaired) electrons. The second-order valence-electron chi connectivity index (χ2n) is 6.11. The van der Waals surface area contributed by atoms with Crippen LogP contribution in [0.5, 0.6) is 0 Å². The van der Waals surface area contributed by atoms with Crippen LogP contribution in [0.2, 0.25) is 0 Å². The van der Waals surface area contributed by atoms with Crippen LogP contribution in [0, 0.1) is 11.6 Å². The molecule has 0 atom stereocenters. The van der Waals surface area contributed by atoms with E-state index in [-0.39, 0.29) is 11.4 Å². The maximum atomic E-state index is 13.4. The molecule has 0 aliphatic heterocycles. The van der Waals surface area contributed by atoms with Gasteiger partial charge in [0.05, 0.1) is 11.4 Å². The molecule has 0 saturated heterocycles. The fourth-order valence-electron chi connectivity index (χ4n) is 2.78. The van der Waals surface area contributed by atoms with Gasteiger partial charge in [0.15, 0.2) is 0 Å². The van der Waals surface area contributed by atoms with Gasteiger partial charge in [0, 0.05) is 17.0 Å². The fraction of sp³-hybridized carbons (Fsp3) is 0.158. The molecule has 1 fully saturated rings. The van der Waals surface area contributed by atoms with Gasteiger partial charge in [-0.1, -0.05) is 6.07 Å². The van der Waals surface area contributed by atoms with Gasteiger partial charge in [-0.05, 0) is 55.3 Å². The second-order valence-corrected chi connectivity index (χ2v) is 6.11. The molecule has 25 heavy (non-hydrogen) atoms. The van der Waals surface area contributed by atoms with E-state index >= 15 is 0 Å². The van der Waals surface area contributed by atoms with Crippen molar-refractivity contribution in [3.8, 4) is 11.3 Å². The highest BCUT2D eigenvalue weighted by Gasteiger charge is 2.31. The van der Waals surface area contributed by atoms with Crippen LogP contribution >= 0.6 is 0 Å². The number of nitrogens with zero attached hydrogens (tertiary/aromatic N) is 1. The van der Waals surface area contributed by atoms with Crippen molar-refractivity contribution in [3.63, 3.8) is 0 Å². The molecular formula is C19H15F2N3O. The van der Waals surface area contributed by atoms with Crippen LogP contribution in [0.4, 0.5) is 14.5 Å². The Bertz CT molecular complexity index is 930. The highest BCUT2D eigenvalue weighted by atomic mass is 19.1. The van der Waals surface area contributed by atoms with Crippen molar-refractivity contribution in [3.05, 3.63) is 71.4 Å². The number of amides is 1. The molecule has 1 heterocycles. The van der Waals surface area contributed by atoms with E-state index in [0.29, 0.717) is 22.9 Å². The van der Waals surface area contributed by atoms with Crippen molar-refractivity contribution < 1.29 is 13.6 Å². The molecule has 3 aromatic rings. The molecule has 1 aliphatic rings. The number of aromatic nitrogens is 2. The standard InChI is InChI=1S/C19H15F2N3O/c20-14-8-6-12(7-9-14)17-18(16(23-24-17)11-4-5-11)22-19(25)13-2-1-3-15(21)10-13/h1-3,6-11H,4-5H2,(H,22,25)(H,23,24). The molecule has 1 amide bonds. The Morgan fingerprint density at radius 1 is 1.08 bits per heavy atom. The summed E-state index contributed by atoms with van der Waals surface area (Å²) in [5, 5.41) is 10.1. The molecule has 2 aromatic carbocycles. The predicted octanol–water partition coefficient (Wildman–Crippen LogP) is 4.48. The minimum atomic E-state index is -0.471. The topological polar surface area (TPSA) is 57.8 Å². The SMILES string of the molecule is O=C(Nc1c(-c2ccc(F)cc2)n[nH]c1C1CC1)c1cccc(F)c1. The summed E-state index contributed by atoms with van der Waals surface area (Å²) < 4.78 is 26.6. The first-order chi connectivity index (χ1) is 12.1. The first-order valence-corrected chi connectivity index (χ1v) is 8.03. The number of hydrogen-bond donors (Lipinski definition) is 2. The molecule has 0 spiro atoms. The van der Waals surface area contributed by atoms with Gasteiger partial charge in [0.25, 0.3) is 5.91 Å². The Kier molecular flexibility index (Phi) is 3.80. The molecule has 4 nitrogen and oxygen atoms in total. The zero-order valence-electron chi connectivity index (χ0n) is 13.2. The number of carbonyl (C=O) groups excluding carboxylic acids is 1. The molecule has 0 bridgehead atoms. The zero-order chi connectivity index (χ0) is 17.4. The lowest BCUT2D eigenvalue weighted by Crippen LogP contribution is -2.13. The van der Waals surface area contributed by atoms with Crippen LogP contribution in [-0.2, 0) is 0 Å². The van der Waals surface area contributed by atoms with E-state index in [1.54, 1.807) is 18.2 Å². The summed E-state index contributed by atoms with van der Waals surface area (Å²) in [7, 11) is 0. The lowest BCUT2D eigenvalue weighted by Gasteiger charge is -2.08. The van der Waals surface area contributed by atoms with Crippen LogP contribution in [0.3, 0.4) is 0 Å². The number of anilines is 1. The third-order valence-electron chi connectivity index (χ3n) is 4.22. The maximum absolute atomic E-state index is 13.4. The quantitative estimate of drug-likeness (QED) is 0.736. The smallest absolute Gasteiger partial charge is 0.255 e. The summed E-state index contributed by atoms with van der Waals surface area (Å²) in [6.45, 7) is 0. The molecule has 2 N–H and O–H groups in total. The van der Waals surface area contributed by atoms with Gasteiger partial charge in [-0.3, -0.25) is 9.89 Å². The second kappa shape index (κ2) is 6.12. The van der Waals surface area contributed by atoms with Gasteiger partial charge in [-0.15, -0.1) is 0 Å². The van der Waals surface area contributed by atoms with E-state index in [1.807, 2.05) is 0 Å². The average molecular weight is 339 g/mol. The van der Waals surface area contributed by atoms with Crippen molar-refractivity contribution in [1.82, 2.24) is 10.2 Å². The number of carbonyl (C=O) groups is 1.